The zero-order valence-corrected chi connectivity index (χ0v) is 19.9. The minimum absolute atomic E-state index is 0.0463. The Balaban J connectivity index is 1.32. The molecule has 8 nitrogen and oxygen atoms in total. The van der Waals surface area contributed by atoms with Crippen molar-refractivity contribution in [1.82, 2.24) is 5.01 Å². The number of amides is 1. The van der Waals surface area contributed by atoms with Crippen molar-refractivity contribution >= 4 is 39.8 Å². The molecular formula is C25H26N4O4S. The van der Waals surface area contributed by atoms with Crippen LogP contribution in [0.4, 0.5) is 0 Å². The number of benzene rings is 2. The Kier molecular flexibility index (Phi) is 7.64. The smallest absolute Gasteiger partial charge is 0.283 e. The number of hydrogen-bond acceptors (Lipinski definition) is 7. The van der Waals surface area contributed by atoms with Gasteiger partial charge in [-0.05, 0) is 72.6 Å². The zero-order chi connectivity index (χ0) is 23.9. The largest absolute Gasteiger partial charge is 0.497 e. The van der Waals surface area contributed by atoms with Crippen molar-refractivity contribution < 1.29 is 19.0 Å². The number of nitrogens with zero attached hydrogens (tertiary/aromatic N) is 3. The number of aliphatic imine (C=N–C) groups is 1. The van der Waals surface area contributed by atoms with E-state index in [2.05, 4.69) is 17.0 Å². The quantitative estimate of drug-likeness (QED) is 0.383. The van der Waals surface area contributed by atoms with Crippen molar-refractivity contribution in [2.45, 2.75) is 26.2 Å². The number of unbranched alkanes of at least 4 members (excludes halogenated alkanes) is 1. The van der Waals surface area contributed by atoms with Gasteiger partial charge < -0.3 is 14.2 Å². The molecule has 9 heteroatoms. The normalized spacial score (nSPS) is 16.3. The Bertz CT molecular complexity index is 1140. The fourth-order valence-corrected chi connectivity index (χ4v) is 4.21. The van der Waals surface area contributed by atoms with Gasteiger partial charge in [0.1, 0.15) is 35.5 Å². The Morgan fingerprint density at radius 1 is 1.00 bits per heavy atom. The number of methoxy groups -OCH3 is 1. The van der Waals surface area contributed by atoms with Crippen LogP contribution in [-0.4, -0.2) is 47.3 Å². The van der Waals surface area contributed by atoms with Gasteiger partial charge in [0, 0.05) is 0 Å². The van der Waals surface area contributed by atoms with Gasteiger partial charge in [0.05, 0.1) is 12.7 Å². The molecule has 0 atom stereocenters. The summed E-state index contributed by atoms with van der Waals surface area (Å²) in [6.07, 6.45) is 4.55. The Morgan fingerprint density at radius 2 is 1.62 bits per heavy atom. The van der Waals surface area contributed by atoms with Gasteiger partial charge in [0.15, 0.2) is 5.84 Å². The van der Waals surface area contributed by atoms with Crippen molar-refractivity contribution in [3.05, 3.63) is 59.7 Å². The molecule has 2 aliphatic rings. The van der Waals surface area contributed by atoms with Crippen molar-refractivity contribution in [2.75, 3.05) is 20.3 Å². The van der Waals surface area contributed by atoms with E-state index >= 15 is 0 Å². The van der Waals surface area contributed by atoms with E-state index in [0.717, 1.165) is 41.4 Å². The van der Waals surface area contributed by atoms with Crippen LogP contribution in [-0.2, 0) is 4.79 Å². The summed E-state index contributed by atoms with van der Waals surface area (Å²) in [7, 11) is 1.62. The van der Waals surface area contributed by atoms with Crippen LogP contribution < -0.4 is 14.2 Å². The number of ether oxygens (including phenoxy) is 3. The second-order valence-corrected chi connectivity index (χ2v) is 8.60. The van der Waals surface area contributed by atoms with E-state index in [0.29, 0.717) is 24.1 Å². The van der Waals surface area contributed by atoms with Gasteiger partial charge in [0.25, 0.3) is 5.91 Å². The van der Waals surface area contributed by atoms with E-state index in [1.165, 1.54) is 16.8 Å². The number of amidine groups is 2. The summed E-state index contributed by atoms with van der Waals surface area (Å²) < 4.78 is 16.5. The SMILES string of the molecule is CCCCC1=NN2C(=N)C(=Cc3ccc(OCCOc4ccc(OC)cc4)cc3)C(=O)N=C2S1. The van der Waals surface area contributed by atoms with Crippen LogP contribution in [0.15, 0.2) is 64.2 Å². The molecule has 0 bridgehead atoms. The average molecular weight is 479 g/mol. The molecule has 1 amide bonds. The number of fused-ring (bicyclic) bond motifs is 1. The predicted octanol–water partition coefficient (Wildman–Crippen LogP) is 4.96. The van der Waals surface area contributed by atoms with Crippen LogP contribution in [0.1, 0.15) is 31.7 Å². The van der Waals surface area contributed by atoms with Crippen LogP contribution >= 0.6 is 11.8 Å². The maximum absolute atomic E-state index is 12.5. The van der Waals surface area contributed by atoms with E-state index in [9.17, 15) is 4.79 Å². The van der Waals surface area contributed by atoms with Crippen molar-refractivity contribution in [1.29, 1.82) is 5.41 Å². The lowest BCUT2D eigenvalue weighted by atomic mass is 10.1. The standard InChI is InChI=1S/C25H26N4O4S/c1-3-4-5-22-28-29-23(26)21(24(30)27-25(29)34-22)16-17-6-8-19(9-7-17)32-14-15-33-20-12-10-18(31-2)11-13-20/h6-13,16,26H,3-5,14-15H2,1-2H3. The number of thioether (sulfide) groups is 1. The minimum atomic E-state index is -0.424. The molecule has 0 unspecified atom stereocenters. The molecule has 0 spiro atoms. The molecule has 0 fully saturated rings. The van der Waals surface area contributed by atoms with E-state index in [-0.39, 0.29) is 11.4 Å². The highest BCUT2D eigenvalue weighted by Gasteiger charge is 2.35. The van der Waals surface area contributed by atoms with Gasteiger partial charge in [-0.2, -0.15) is 15.1 Å². The summed E-state index contributed by atoms with van der Waals surface area (Å²) in [5.41, 5.74) is 0.988. The number of carbonyl (C=O) groups excluding carboxylic acids is 1. The first kappa shape index (κ1) is 23.6. The number of hydrogen-bond donors (Lipinski definition) is 1. The first-order chi connectivity index (χ1) is 16.6. The summed E-state index contributed by atoms with van der Waals surface area (Å²) in [4.78, 5) is 16.7. The summed E-state index contributed by atoms with van der Waals surface area (Å²) >= 11 is 1.37. The first-order valence-corrected chi connectivity index (χ1v) is 11.9. The van der Waals surface area contributed by atoms with Crippen LogP contribution in [0.25, 0.3) is 6.08 Å². The van der Waals surface area contributed by atoms with E-state index in [1.807, 2.05) is 48.5 Å². The number of rotatable bonds is 10. The average Bonchev–Trinajstić information content (AvgIpc) is 3.27. The molecular weight excluding hydrogens is 452 g/mol. The molecule has 4 rings (SSSR count). The predicted molar refractivity (Wildman–Crippen MR) is 135 cm³/mol. The summed E-state index contributed by atoms with van der Waals surface area (Å²) in [6, 6.07) is 14.7. The summed E-state index contributed by atoms with van der Waals surface area (Å²) in [5, 5.41) is 15.7. The highest BCUT2D eigenvalue weighted by molar-refractivity contribution is 8.26. The maximum Gasteiger partial charge on any atom is 0.283 e. The molecule has 176 valence electrons. The number of hydrazone groups is 1. The third-order valence-electron chi connectivity index (χ3n) is 5.11. The zero-order valence-electron chi connectivity index (χ0n) is 19.1. The molecule has 2 aliphatic heterocycles. The van der Waals surface area contributed by atoms with Gasteiger partial charge in [0.2, 0.25) is 5.17 Å². The molecule has 0 radical (unpaired) electrons. The first-order valence-electron chi connectivity index (χ1n) is 11.1. The number of carbonyl (C=O) groups is 1. The molecule has 2 heterocycles. The highest BCUT2D eigenvalue weighted by Crippen LogP contribution is 2.30. The molecule has 0 saturated carbocycles. The van der Waals surface area contributed by atoms with E-state index in [4.69, 9.17) is 19.6 Å². The minimum Gasteiger partial charge on any atom is -0.497 e. The molecule has 0 saturated heterocycles. The van der Waals surface area contributed by atoms with Crippen molar-refractivity contribution in [3.63, 3.8) is 0 Å². The monoisotopic (exact) mass is 478 g/mol. The van der Waals surface area contributed by atoms with Crippen molar-refractivity contribution in [3.8, 4) is 17.2 Å². The van der Waals surface area contributed by atoms with Crippen molar-refractivity contribution in [2.24, 2.45) is 10.1 Å². The van der Waals surface area contributed by atoms with Crippen LogP contribution in [0.5, 0.6) is 17.2 Å². The van der Waals surface area contributed by atoms with Gasteiger partial charge in [-0.25, -0.2) is 0 Å². The lowest BCUT2D eigenvalue weighted by Crippen LogP contribution is -2.35. The fraction of sp³-hybridized carbons (Fsp3) is 0.280. The molecule has 2 aromatic carbocycles. The highest BCUT2D eigenvalue weighted by atomic mass is 32.2. The second-order valence-electron chi connectivity index (χ2n) is 7.56. The summed E-state index contributed by atoms with van der Waals surface area (Å²) in [6.45, 7) is 2.90. The van der Waals surface area contributed by atoms with E-state index in [1.54, 1.807) is 13.2 Å². The molecule has 0 aromatic heterocycles. The topological polar surface area (TPSA) is 96.6 Å². The lowest BCUT2D eigenvalue weighted by molar-refractivity contribution is -0.114. The van der Waals surface area contributed by atoms with Crippen LogP contribution in [0, 0.1) is 5.41 Å². The van der Waals surface area contributed by atoms with Gasteiger partial charge in [-0.1, -0.05) is 25.5 Å². The molecule has 2 aromatic rings. The van der Waals surface area contributed by atoms with Gasteiger partial charge in [-0.15, -0.1) is 0 Å². The third kappa shape index (κ3) is 5.66. The van der Waals surface area contributed by atoms with Gasteiger partial charge in [-0.3, -0.25) is 10.2 Å². The Hall–Kier alpha value is -3.59. The maximum atomic E-state index is 12.5. The summed E-state index contributed by atoms with van der Waals surface area (Å²) in [5.74, 6) is 1.83. The van der Waals surface area contributed by atoms with Crippen LogP contribution in [0.2, 0.25) is 0 Å². The van der Waals surface area contributed by atoms with Gasteiger partial charge >= 0.3 is 0 Å². The molecule has 0 aliphatic carbocycles. The fourth-order valence-electron chi connectivity index (χ4n) is 3.28. The third-order valence-corrected chi connectivity index (χ3v) is 6.08. The van der Waals surface area contributed by atoms with Crippen LogP contribution in [0.3, 0.4) is 0 Å². The lowest BCUT2D eigenvalue weighted by Gasteiger charge is -2.20. The Labute approximate surface area is 202 Å². The molecule has 34 heavy (non-hydrogen) atoms. The molecule has 1 N–H and O–H groups in total. The van der Waals surface area contributed by atoms with E-state index < -0.39 is 5.91 Å². The Morgan fingerprint density at radius 3 is 2.24 bits per heavy atom. The number of nitrogens with one attached hydrogen (secondary N) is 1. The second kappa shape index (κ2) is 11.0.